The van der Waals surface area contributed by atoms with Crippen LogP contribution >= 0.6 is 0 Å². The molecule has 0 fully saturated rings. The first-order valence-corrected chi connectivity index (χ1v) is 6.24. The number of anilines is 1. The van der Waals surface area contributed by atoms with Gasteiger partial charge in [0.2, 0.25) is 0 Å². The zero-order valence-corrected chi connectivity index (χ0v) is 11.4. The van der Waals surface area contributed by atoms with Crippen molar-refractivity contribution in [2.75, 3.05) is 19.0 Å². The number of hydrogen-bond donors (Lipinski definition) is 1. The lowest BCUT2D eigenvalue weighted by Gasteiger charge is -2.12. The van der Waals surface area contributed by atoms with Gasteiger partial charge in [-0.25, -0.2) is 9.37 Å². The van der Waals surface area contributed by atoms with Gasteiger partial charge in [0.05, 0.1) is 0 Å². The highest BCUT2D eigenvalue weighted by molar-refractivity contribution is 5.92. The van der Waals surface area contributed by atoms with Gasteiger partial charge in [0.25, 0.3) is 5.91 Å². The molecule has 1 aromatic carbocycles. The first kappa shape index (κ1) is 14.0. The van der Waals surface area contributed by atoms with E-state index >= 15 is 0 Å². The Balaban J connectivity index is 2.05. The molecule has 0 saturated heterocycles. The highest BCUT2D eigenvalue weighted by Crippen LogP contribution is 2.09. The summed E-state index contributed by atoms with van der Waals surface area (Å²) in [5.41, 5.74) is 0.761. The van der Waals surface area contributed by atoms with E-state index in [4.69, 9.17) is 0 Å². The summed E-state index contributed by atoms with van der Waals surface area (Å²) in [5, 5.41) is 2.66. The van der Waals surface area contributed by atoms with Gasteiger partial charge in [-0.15, -0.1) is 0 Å². The number of carbonyl (C=O) groups excluding carboxylic acids is 1. The van der Waals surface area contributed by atoms with E-state index in [2.05, 4.69) is 10.3 Å². The second kappa shape index (κ2) is 6.14. The number of benzene rings is 1. The molecule has 1 heterocycles. The van der Waals surface area contributed by atoms with E-state index in [1.807, 2.05) is 25.1 Å². The van der Waals surface area contributed by atoms with Crippen molar-refractivity contribution < 1.29 is 9.18 Å². The third-order valence-electron chi connectivity index (χ3n) is 2.82. The number of halogens is 1. The van der Waals surface area contributed by atoms with E-state index in [0.717, 1.165) is 0 Å². The molecule has 4 nitrogen and oxygen atoms in total. The van der Waals surface area contributed by atoms with E-state index in [1.54, 1.807) is 30.3 Å². The minimum atomic E-state index is -0.331. The molecule has 0 aliphatic heterocycles. The van der Waals surface area contributed by atoms with Crippen molar-refractivity contribution in [1.29, 1.82) is 0 Å². The highest BCUT2D eigenvalue weighted by atomic mass is 19.1. The van der Waals surface area contributed by atoms with Crippen LogP contribution in [-0.4, -0.2) is 25.0 Å². The van der Waals surface area contributed by atoms with E-state index < -0.39 is 0 Å². The average molecular weight is 273 g/mol. The summed E-state index contributed by atoms with van der Waals surface area (Å²) in [4.78, 5) is 18.0. The minimum absolute atomic E-state index is 0.138. The Hall–Kier alpha value is -2.43. The predicted molar refractivity (Wildman–Crippen MR) is 76.1 cm³/mol. The summed E-state index contributed by atoms with van der Waals surface area (Å²) in [6.07, 6.45) is 0. The van der Waals surface area contributed by atoms with Gasteiger partial charge in [-0.1, -0.05) is 24.3 Å². The molecular formula is C15H16FN3O. The molecule has 20 heavy (non-hydrogen) atoms. The van der Waals surface area contributed by atoms with Gasteiger partial charge >= 0.3 is 0 Å². The molecule has 2 rings (SSSR count). The maximum absolute atomic E-state index is 13.4. The molecule has 0 aliphatic rings. The number of amides is 1. The Kier molecular flexibility index (Phi) is 4.30. The van der Waals surface area contributed by atoms with Crippen LogP contribution in [0.4, 0.5) is 10.2 Å². The van der Waals surface area contributed by atoms with Gasteiger partial charge in [0.1, 0.15) is 17.3 Å². The van der Waals surface area contributed by atoms with Crippen LogP contribution < -0.4 is 10.2 Å². The smallest absolute Gasteiger partial charge is 0.270 e. The van der Waals surface area contributed by atoms with Crippen molar-refractivity contribution in [2.24, 2.45) is 0 Å². The molecule has 0 aliphatic carbocycles. The van der Waals surface area contributed by atoms with Gasteiger partial charge in [-0.2, -0.15) is 0 Å². The molecular weight excluding hydrogens is 257 g/mol. The molecule has 2 aromatic rings. The SMILES string of the molecule is CN(C)c1cccc(C(=O)NCc2ccccc2F)n1. The second-order valence-corrected chi connectivity index (χ2v) is 4.55. The lowest BCUT2D eigenvalue weighted by molar-refractivity contribution is 0.0945. The number of nitrogens with one attached hydrogen (secondary N) is 1. The van der Waals surface area contributed by atoms with Crippen molar-refractivity contribution >= 4 is 11.7 Å². The van der Waals surface area contributed by atoms with E-state index in [-0.39, 0.29) is 18.3 Å². The molecule has 0 unspecified atom stereocenters. The monoisotopic (exact) mass is 273 g/mol. The topological polar surface area (TPSA) is 45.2 Å². The van der Waals surface area contributed by atoms with Crippen LogP contribution in [0.15, 0.2) is 42.5 Å². The Bertz CT molecular complexity index is 614. The van der Waals surface area contributed by atoms with Crippen LogP contribution in [0.1, 0.15) is 16.1 Å². The van der Waals surface area contributed by atoms with Crippen molar-refractivity contribution in [2.45, 2.75) is 6.54 Å². The minimum Gasteiger partial charge on any atom is -0.363 e. The number of rotatable bonds is 4. The predicted octanol–water partition coefficient (Wildman–Crippen LogP) is 2.22. The van der Waals surface area contributed by atoms with Crippen molar-refractivity contribution in [3.8, 4) is 0 Å². The number of pyridine rings is 1. The lowest BCUT2D eigenvalue weighted by Crippen LogP contribution is -2.25. The normalized spacial score (nSPS) is 10.2. The first-order valence-electron chi connectivity index (χ1n) is 6.24. The Morgan fingerprint density at radius 2 is 1.95 bits per heavy atom. The summed E-state index contributed by atoms with van der Waals surface area (Å²) in [6, 6.07) is 11.6. The molecule has 0 radical (unpaired) electrons. The third kappa shape index (κ3) is 3.32. The number of hydrogen-bond acceptors (Lipinski definition) is 3. The second-order valence-electron chi connectivity index (χ2n) is 4.55. The molecule has 1 aromatic heterocycles. The van der Waals surface area contributed by atoms with Crippen LogP contribution in [0, 0.1) is 5.82 Å². The van der Waals surface area contributed by atoms with Gasteiger partial charge in [0, 0.05) is 26.2 Å². The van der Waals surface area contributed by atoms with E-state index in [0.29, 0.717) is 17.1 Å². The fourth-order valence-electron chi connectivity index (χ4n) is 1.71. The molecule has 1 N–H and O–H groups in total. The quantitative estimate of drug-likeness (QED) is 0.929. The van der Waals surface area contributed by atoms with E-state index in [1.165, 1.54) is 6.07 Å². The molecule has 0 bridgehead atoms. The first-order chi connectivity index (χ1) is 9.58. The molecule has 5 heteroatoms. The van der Waals surface area contributed by atoms with Crippen molar-refractivity contribution in [1.82, 2.24) is 10.3 Å². The molecule has 0 spiro atoms. The van der Waals surface area contributed by atoms with Gasteiger partial charge in [0.15, 0.2) is 0 Å². The molecule has 0 saturated carbocycles. The van der Waals surface area contributed by atoms with Crippen molar-refractivity contribution in [3.05, 3.63) is 59.5 Å². The summed E-state index contributed by atoms with van der Waals surface area (Å²) in [5.74, 6) is 0.0447. The summed E-state index contributed by atoms with van der Waals surface area (Å²) >= 11 is 0. The molecule has 104 valence electrons. The maximum Gasteiger partial charge on any atom is 0.270 e. The molecule has 0 atom stereocenters. The van der Waals surface area contributed by atoms with E-state index in [9.17, 15) is 9.18 Å². The number of nitrogens with zero attached hydrogens (tertiary/aromatic N) is 2. The van der Waals surface area contributed by atoms with Gasteiger partial charge < -0.3 is 10.2 Å². The average Bonchev–Trinajstić information content (AvgIpc) is 2.46. The fraction of sp³-hybridized carbons (Fsp3) is 0.200. The maximum atomic E-state index is 13.4. The van der Waals surface area contributed by atoms with Crippen LogP contribution in [0.5, 0.6) is 0 Å². The summed E-state index contributed by atoms with van der Waals surface area (Å²) < 4.78 is 13.4. The van der Waals surface area contributed by atoms with Gasteiger partial charge in [-0.3, -0.25) is 4.79 Å². The van der Waals surface area contributed by atoms with Crippen LogP contribution in [0.2, 0.25) is 0 Å². The summed E-state index contributed by atoms with van der Waals surface area (Å²) in [6.45, 7) is 0.138. The lowest BCUT2D eigenvalue weighted by atomic mass is 10.2. The largest absolute Gasteiger partial charge is 0.363 e. The Morgan fingerprint density at radius 1 is 1.20 bits per heavy atom. The number of aromatic nitrogens is 1. The highest BCUT2D eigenvalue weighted by Gasteiger charge is 2.09. The Labute approximate surface area is 117 Å². The van der Waals surface area contributed by atoms with Crippen LogP contribution in [0.3, 0.4) is 0 Å². The van der Waals surface area contributed by atoms with Crippen LogP contribution in [-0.2, 0) is 6.54 Å². The fourth-order valence-corrected chi connectivity index (χ4v) is 1.71. The number of carbonyl (C=O) groups is 1. The zero-order valence-electron chi connectivity index (χ0n) is 11.4. The van der Waals surface area contributed by atoms with Crippen LogP contribution in [0.25, 0.3) is 0 Å². The third-order valence-corrected chi connectivity index (χ3v) is 2.82. The molecule has 1 amide bonds. The summed E-state index contributed by atoms with van der Waals surface area (Å²) in [7, 11) is 3.70. The standard InChI is InChI=1S/C15H16FN3O/c1-19(2)14-9-5-8-13(18-14)15(20)17-10-11-6-3-4-7-12(11)16/h3-9H,10H2,1-2H3,(H,17,20). The van der Waals surface area contributed by atoms with Gasteiger partial charge in [-0.05, 0) is 18.2 Å². The van der Waals surface area contributed by atoms with Crippen molar-refractivity contribution in [3.63, 3.8) is 0 Å². The Morgan fingerprint density at radius 3 is 2.65 bits per heavy atom. The zero-order chi connectivity index (χ0) is 14.5.